The van der Waals surface area contributed by atoms with E-state index in [9.17, 15) is 13.2 Å². The maximum absolute atomic E-state index is 13.9. The molecule has 1 aliphatic rings. The Hall–Kier alpha value is -0.680. The molecule has 1 aliphatic carbocycles. The van der Waals surface area contributed by atoms with Crippen LogP contribution >= 0.6 is 11.8 Å². The van der Waals surface area contributed by atoms with Gasteiger partial charge in [0.25, 0.3) is 0 Å². The first-order valence-corrected chi connectivity index (χ1v) is 6.70. The van der Waals surface area contributed by atoms with Gasteiger partial charge < -0.3 is 5.73 Å². The lowest BCUT2D eigenvalue weighted by Crippen LogP contribution is -2.42. The maximum Gasteiger partial charge on any atom is 0.175 e. The number of hydrogen-bond acceptors (Lipinski definition) is 2. The molecule has 17 heavy (non-hydrogen) atoms. The quantitative estimate of drug-likeness (QED) is 0.668. The topological polar surface area (TPSA) is 26.0 Å². The third kappa shape index (κ3) is 1.85. The molecule has 2 N–H and O–H groups in total. The summed E-state index contributed by atoms with van der Waals surface area (Å²) in [6, 6.07) is 1.11. The van der Waals surface area contributed by atoms with Crippen molar-refractivity contribution in [1.82, 2.24) is 0 Å². The Balaban J connectivity index is 2.56. The molecule has 2 rings (SSSR count). The molecular weight excluding hydrogens is 247 g/mol. The molecule has 0 atom stereocenters. The van der Waals surface area contributed by atoms with E-state index in [1.807, 2.05) is 0 Å². The third-order valence-corrected chi connectivity index (χ3v) is 4.38. The van der Waals surface area contributed by atoms with Gasteiger partial charge in [-0.05, 0) is 25.2 Å². The summed E-state index contributed by atoms with van der Waals surface area (Å²) in [5, 5.41) is 0. The van der Waals surface area contributed by atoms with Gasteiger partial charge in [0.1, 0.15) is 5.82 Å². The minimum absolute atomic E-state index is 0.0963. The second kappa shape index (κ2) is 4.53. The average molecular weight is 261 g/mol. The van der Waals surface area contributed by atoms with E-state index in [2.05, 4.69) is 0 Å². The Morgan fingerprint density at radius 3 is 2.35 bits per heavy atom. The predicted octanol–water partition coefficient (Wildman–Crippen LogP) is 3.21. The fourth-order valence-electron chi connectivity index (χ4n) is 2.34. The number of nitrogens with two attached hydrogens (primary N) is 1. The molecule has 0 aliphatic heterocycles. The molecule has 0 bridgehead atoms. The van der Waals surface area contributed by atoms with Crippen LogP contribution in [0, 0.1) is 17.5 Å². The van der Waals surface area contributed by atoms with Crippen LogP contribution in [0.3, 0.4) is 0 Å². The van der Waals surface area contributed by atoms with Gasteiger partial charge >= 0.3 is 0 Å². The largest absolute Gasteiger partial charge is 0.330 e. The summed E-state index contributed by atoms with van der Waals surface area (Å²) in [7, 11) is 0. The molecule has 0 spiro atoms. The van der Waals surface area contributed by atoms with Crippen molar-refractivity contribution in [3.8, 4) is 0 Å². The molecule has 94 valence electrons. The Morgan fingerprint density at radius 1 is 1.29 bits per heavy atom. The number of hydrogen-bond donors (Lipinski definition) is 1. The Kier molecular flexibility index (Phi) is 3.41. The highest BCUT2D eigenvalue weighted by molar-refractivity contribution is 7.98. The summed E-state index contributed by atoms with van der Waals surface area (Å²) in [5.74, 6) is -2.74. The molecule has 0 amide bonds. The summed E-state index contributed by atoms with van der Waals surface area (Å²) in [6.45, 7) is 0.224. The Labute approximate surface area is 103 Å². The van der Waals surface area contributed by atoms with Gasteiger partial charge in [-0.2, -0.15) is 0 Å². The lowest BCUT2D eigenvalue weighted by molar-refractivity contribution is 0.239. The van der Waals surface area contributed by atoms with Crippen molar-refractivity contribution < 1.29 is 13.2 Å². The van der Waals surface area contributed by atoms with Gasteiger partial charge in [-0.15, -0.1) is 11.8 Å². The molecule has 0 aromatic heterocycles. The molecule has 0 radical (unpaired) electrons. The van der Waals surface area contributed by atoms with Crippen LogP contribution in [0.1, 0.15) is 24.8 Å². The van der Waals surface area contributed by atoms with Crippen molar-refractivity contribution in [3.63, 3.8) is 0 Å². The van der Waals surface area contributed by atoms with Gasteiger partial charge in [-0.25, -0.2) is 13.2 Å². The van der Waals surface area contributed by atoms with E-state index in [1.54, 1.807) is 0 Å². The van der Waals surface area contributed by atoms with E-state index in [0.717, 1.165) is 24.2 Å². The molecule has 1 nitrogen and oxygen atoms in total. The smallest absolute Gasteiger partial charge is 0.175 e. The first-order valence-electron chi connectivity index (χ1n) is 5.48. The molecule has 0 unspecified atom stereocenters. The van der Waals surface area contributed by atoms with Crippen LogP contribution in [-0.2, 0) is 5.41 Å². The van der Waals surface area contributed by atoms with Crippen molar-refractivity contribution in [2.75, 3.05) is 12.8 Å². The summed E-state index contributed by atoms with van der Waals surface area (Å²) in [5.41, 5.74) is 5.15. The molecule has 1 aromatic carbocycles. The van der Waals surface area contributed by atoms with Gasteiger partial charge in [0.2, 0.25) is 0 Å². The summed E-state index contributed by atoms with van der Waals surface area (Å²) in [6.07, 6.45) is 3.82. The lowest BCUT2D eigenvalue weighted by Gasteiger charge is -2.41. The SMILES string of the molecule is CSc1c(F)cc(C2(CN)CCC2)c(F)c1F. The normalized spacial score (nSPS) is 17.9. The monoisotopic (exact) mass is 261 g/mol. The van der Waals surface area contributed by atoms with E-state index in [1.165, 1.54) is 6.26 Å². The Bertz CT molecular complexity index is 438. The zero-order chi connectivity index (χ0) is 12.6. The van der Waals surface area contributed by atoms with Crippen molar-refractivity contribution in [1.29, 1.82) is 0 Å². The standard InChI is InChI=1S/C12H14F3NS/c1-17-11-8(13)5-7(9(14)10(11)15)12(6-16)3-2-4-12/h5H,2-4,6,16H2,1H3. The van der Waals surface area contributed by atoms with Gasteiger partial charge in [0.05, 0.1) is 4.90 Å². The van der Waals surface area contributed by atoms with Crippen LogP contribution in [0.15, 0.2) is 11.0 Å². The first kappa shape index (κ1) is 12.8. The van der Waals surface area contributed by atoms with E-state index in [0.29, 0.717) is 12.8 Å². The van der Waals surface area contributed by atoms with E-state index in [-0.39, 0.29) is 17.0 Å². The van der Waals surface area contributed by atoms with Crippen molar-refractivity contribution in [2.45, 2.75) is 29.6 Å². The highest BCUT2D eigenvalue weighted by Gasteiger charge is 2.41. The number of rotatable bonds is 3. The summed E-state index contributed by atoms with van der Waals surface area (Å²) >= 11 is 0.868. The second-order valence-corrected chi connectivity index (χ2v) is 5.22. The second-order valence-electron chi connectivity index (χ2n) is 4.41. The van der Waals surface area contributed by atoms with E-state index >= 15 is 0 Å². The van der Waals surface area contributed by atoms with E-state index < -0.39 is 22.9 Å². The zero-order valence-corrected chi connectivity index (χ0v) is 10.3. The average Bonchev–Trinajstić information content (AvgIpc) is 2.25. The van der Waals surface area contributed by atoms with Crippen LogP contribution in [-0.4, -0.2) is 12.8 Å². The highest BCUT2D eigenvalue weighted by atomic mass is 32.2. The van der Waals surface area contributed by atoms with Gasteiger partial charge in [-0.1, -0.05) is 6.42 Å². The minimum Gasteiger partial charge on any atom is -0.330 e. The number of benzene rings is 1. The van der Waals surface area contributed by atoms with Crippen molar-refractivity contribution >= 4 is 11.8 Å². The van der Waals surface area contributed by atoms with Crippen LogP contribution < -0.4 is 5.73 Å². The number of halogens is 3. The number of thioether (sulfide) groups is 1. The molecule has 0 heterocycles. The molecule has 1 aromatic rings. The molecule has 1 saturated carbocycles. The van der Waals surface area contributed by atoms with Crippen molar-refractivity contribution in [2.24, 2.45) is 5.73 Å². The first-order chi connectivity index (χ1) is 8.05. The highest BCUT2D eigenvalue weighted by Crippen LogP contribution is 2.45. The minimum atomic E-state index is -1.09. The van der Waals surface area contributed by atoms with Gasteiger partial charge in [-0.3, -0.25) is 0 Å². The lowest BCUT2D eigenvalue weighted by atomic mass is 9.64. The summed E-state index contributed by atoms with van der Waals surface area (Å²) < 4.78 is 41.2. The predicted molar refractivity (Wildman–Crippen MR) is 62.7 cm³/mol. The molecular formula is C12H14F3NS. The fraction of sp³-hybridized carbons (Fsp3) is 0.500. The van der Waals surface area contributed by atoms with Gasteiger partial charge in [0.15, 0.2) is 11.6 Å². The zero-order valence-electron chi connectivity index (χ0n) is 9.53. The molecule has 1 fully saturated rings. The van der Waals surface area contributed by atoms with Crippen LogP contribution in [0.4, 0.5) is 13.2 Å². The fourth-order valence-corrected chi connectivity index (χ4v) is 2.86. The third-order valence-electron chi connectivity index (χ3n) is 3.59. The van der Waals surface area contributed by atoms with Crippen LogP contribution in [0.5, 0.6) is 0 Å². The molecule has 5 heteroatoms. The Morgan fingerprint density at radius 2 is 1.94 bits per heavy atom. The maximum atomic E-state index is 13.9. The van der Waals surface area contributed by atoms with Crippen LogP contribution in [0.2, 0.25) is 0 Å². The van der Waals surface area contributed by atoms with Crippen molar-refractivity contribution in [3.05, 3.63) is 29.1 Å². The van der Waals surface area contributed by atoms with E-state index in [4.69, 9.17) is 5.73 Å². The molecule has 0 saturated heterocycles. The van der Waals surface area contributed by atoms with Gasteiger partial charge in [0, 0.05) is 17.5 Å². The summed E-state index contributed by atoms with van der Waals surface area (Å²) in [4.78, 5) is -0.266. The van der Waals surface area contributed by atoms with Crippen LogP contribution in [0.25, 0.3) is 0 Å².